The van der Waals surface area contributed by atoms with E-state index in [2.05, 4.69) is 0 Å². The van der Waals surface area contributed by atoms with E-state index in [4.69, 9.17) is 0 Å². The largest absolute Gasteiger partial charge is 0.507 e. The average molecular weight is 277 g/mol. The molecule has 2 N–H and O–H groups in total. The van der Waals surface area contributed by atoms with Crippen LogP contribution in [-0.2, 0) is 4.79 Å². The number of nitrogens with zero attached hydrogens (tertiary/aromatic N) is 1. The third-order valence-corrected chi connectivity index (χ3v) is 3.98. The summed E-state index contributed by atoms with van der Waals surface area (Å²) in [5, 5.41) is 19.3. The number of benzene rings is 1. The van der Waals surface area contributed by atoms with Crippen molar-refractivity contribution in [1.82, 2.24) is 4.90 Å². The molecule has 5 heteroatoms. The first-order chi connectivity index (χ1) is 9.36. The van der Waals surface area contributed by atoms with Crippen molar-refractivity contribution in [3.05, 3.63) is 29.3 Å². The molecule has 0 saturated carbocycles. The summed E-state index contributed by atoms with van der Waals surface area (Å²) < 4.78 is 0. The van der Waals surface area contributed by atoms with E-state index in [1.807, 2.05) is 6.92 Å². The molecule has 1 fully saturated rings. The van der Waals surface area contributed by atoms with Crippen molar-refractivity contribution < 1.29 is 19.8 Å². The predicted molar refractivity (Wildman–Crippen MR) is 73.8 cm³/mol. The third-order valence-electron chi connectivity index (χ3n) is 3.98. The first-order valence-electron chi connectivity index (χ1n) is 6.71. The highest BCUT2D eigenvalue weighted by Gasteiger charge is 2.44. The van der Waals surface area contributed by atoms with Gasteiger partial charge in [-0.2, -0.15) is 0 Å². The number of aryl methyl sites for hydroxylation is 1. The van der Waals surface area contributed by atoms with Gasteiger partial charge in [0.2, 0.25) is 0 Å². The predicted octanol–water partition coefficient (Wildman–Crippen LogP) is 2.17. The number of hydrogen-bond donors (Lipinski definition) is 2. The molecule has 1 aromatic carbocycles. The summed E-state index contributed by atoms with van der Waals surface area (Å²) in [5.41, 5.74) is -0.189. The number of aliphatic carboxylic acids is 1. The maximum Gasteiger partial charge on any atom is 0.329 e. The number of carboxylic acids is 1. The van der Waals surface area contributed by atoms with Crippen LogP contribution in [0.15, 0.2) is 18.2 Å². The molecule has 1 aliphatic heterocycles. The van der Waals surface area contributed by atoms with Gasteiger partial charge < -0.3 is 15.1 Å². The molecule has 1 amide bonds. The molecule has 1 unspecified atom stereocenters. The number of aromatic hydroxyl groups is 1. The molecule has 0 radical (unpaired) electrons. The second kappa shape index (κ2) is 5.15. The number of hydrogen-bond acceptors (Lipinski definition) is 3. The number of piperidine rings is 1. The van der Waals surface area contributed by atoms with Crippen LogP contribution in [0.2, 0.25) is 0 Å². The molecule has 1 heterocycles. The Morgan fingerprint density at radius 3 is 2.65 bits per heavy atom. The lowest BCUT2D eigenvalue weighted by Crippen LogP contribution is -2.57. The first kappa shape index (κ1) is 14.4. The van der Waals surface area contributed by atoms with Gasteiger partial charge in [0, 0.05) is 6.54 Å². The van der Waals surface area contributed by atoms with Crippen LogP contribution in [0.4, 0.5) is 0 Å². The molecule has 0 spiro atoms. The minimum atomic E-state index is -1.20. The van der Waals surface area contributed by atoms with Crippen LogP contribution in [-0.4, -0.2) is 39.1 Å². The van der Waals surface area contributed by atoms with E-state index in [0.29, 0.717) is 13.0 Å². The van der Waals surface area contributed by atoms with Crippen molar-refractivity contribution in [3.8, 4) is 5.75 Å². The number of carbonyl (C=O) groups is 2. The van der Waals surface area contributed by atoms with E-state index < -0.39 is 17.4 Å². The molecule has 1 saturated heterocycles. The topological polar surface area (TPSA) is 77.8 Å². The van der Waals surface area contributed by atoms with Gasteiger partial charge in [-0.15, -0.1) is 0 Å². The van der Waals surface area contributed by atoms with Crippen molar-refractivity contribution >= 4 is 11.9 Å². The zero-order valence-corrected chi connectivity index (χ0v) is 11.7. The minimum absolute atomic E-state index is 0.112. The van der Waals surface area contributed by atoms with Crippen LogP contribution in [0.3, 0.4) is 0 Å². The Bertz CT molecular complexity index is 555. The Balaban J connectivity index is 2.40. The zero-order valence-electron chi connectivity index (χ0n) is 11.7. The molecule has 108 valence electrons. The lowest BCUT2D eigenvalue weighted by molar-refractivity contribution is -0.150. The smallest absolute Gasteiger partial charge is 0.329 e. The van der Waals surface area contributed by atoms with Gasteiger partial charge in [-0.05, 0) is 45.2 Å². The zero-order chi connectivity index (χ0) is 14.9. The molecule has 0 aromatic heterocycles. The normalized spacial score (nSPS) is 22.6. The van der Waals surface area contributed by atoms with Crippen molar-refractivity contribution in [3.63, 3.8) is 0 Å². The second-order valence-corrected chi connectivity index (χ2v) is 5.51. The molecule has 5 nitrogen and oxygen atoms in total. The van der Waals surface area contributed by atoms with E-state index in [1.165, 1.54) is 11.0 Å². The molecular weight excluding hydrogens is 258 g/mol. The van der Waals surface area contributed by atoms with Crippen molar-refractivity contribution in [2.75, 3.05) is 6.54 Å². The first-order valence-corrected chi connectivity index (χ1v) is 6.71. The highest BCUT2D eigenvalue weighted by molar-refractivity contribution is 6.00. The van der Waals surface area contributed by atoms with Gasteiger partial charge in [-0.1, -0.05) is 11.6 Å². The average Bonchev–Trinajstić information content (AvgIpc) is 2.41. The molecule has 1 aliphatic rings. The highest BCUT2D eigenvalue weighted by atomic mass is 16.4. The Morgan fingerprint density at radius 1 is 1.30 bits per heavy atom. The molecule has 1 atom stereocenters. The van der Waals surface area contributed by atoms with Crippen LogP contribution in [0, 0.1) is 6.92 Å². The fourth-order valence-electron chi connectivity index (χ4n) is 2.64. The van der Waals surface area contributed by atoms with Gasteiger partial charge in [-0.25, -0.2) is 4.79 Å². The van der Waals surface area contributed by atoms with Crippen LogP contribution in [0.25, 0.3) is 0 Å². The molecular formula is C15H19NO4. The van der Waals surface area contributed by atoms with E-state index in [0.717, 1.165) is 18.4 Å². The monoisotopic (exact) mass is 277 g/mol. The molecule has 1 aromatic rings. The SMILES string of the molecule is Cc1ccc(O)c(C(=O)N2CCCCC2(C)C(=O)O)c1. The number of phenols is 1. The summed E-state index contributed by atoms with van der Waals surface area (Å²) in [6, 6.07) is 4.76. The van der Waals surface area contributed by atoms with Gasteiger partial charge >= 0.3 is 5.97 Å². The van der Waals surface area contributed by atoms with Crippen LogP contribution < -0.4 is 0 Å². The van der Waals surface area contributed by atoms with E-state index >= 15 is 0 Å². The summed E-state index contributed by atoms with van der Waals surface area (Å²) in [6.45, 7) is 3.79. The number of carbonyl (C=O) groups excluding carboxylic acids is 1. The van der Waals surface area contributed by atoms with Crippen molar-refractivity contribution in [1.29, 1.82) is 0 Å². The Labute approximate surface area is 117 Å². The van der Waals surface area contributed by atoms with Crippen LogP contribution >= 0.6 is 0 Å². The maximum atomic E-state index is 12.6. The summed E-state index contributed by atoms with van der Waals surface area (Å²) in [4.78, 5) is 25.5. The Kier molecular flexibility index (Phi) is 3.70. The maximum absolute atomic E-state index is 12.6. The van der Waals surface area contributed by atoms with Crippen molar-refractivity contribution in [2.24, 2.45) is 0 Å². The number of carboxylic acid groups (broad SMARTS) is 1. The molecule has 0 aliphatic carbocycles. The molecule has 0 bridgehead atoms. The van der Waals surface area contributed by atoms with E-state index in [-0.39, 0.29) is 11.3 Å². The van der Waals surface area contributed by atoms with Gasteiger partial charge in [0.15, 0.2) is 0 Å². The fraction of sp³-hybridized carbons (Fsp3) is 0.467. The number of amides is 1. The van der Waals surface area contributed by atoms with E-state index in [9.17, 15) is 19.8 Å². The summed E-state index contributed by atoms with van der Waals surface area (Å²) in [6.07, 6.45) is 1.99. The van der Waals surface area contributed by atoms with Gasteiger partial charge in [0.05, 0.1) is 5.56 Å². The minimum Gasteiger partial charge on any atom is -0.507 e. The summed E-state index contributed by atoms with van der Waals surface area (Å²) in [5.74, 6) is -1.53. The number of rotatable bonds is 2. The Morgan fingerprint density at radius 2 is 2.00 bits per heavy atom. The number of phenolic OH excluding ortho intramolecular Hbond substituents is 1. The van der Waals surface area contributed by atoms with Crippen molar-refractivity contribution in [2.45, 2.75) is 38.6 Å². The van der Waals surface area contributed by atoms with Gasteiger partial charge in [0.25, 0.3) is 5.91 Å². The Hall–Kier alpha value is -2.04. The van der Waals surface area contributed by atoms with E-state index in [1.54, 1.807) is 19.1 Å². The number of likely N-dealkylation sites (tertiary alicyclic amines) is 1. The van der Waals surface area contributed by atoms with Crippen LogP contribution in [0.1, 0.15) is 42.1 Å². The summed E-state index contributed by atoms with van der Waals surface area (Å²) >= 11 is 0. The third kappa shape index (κ3) is 2.35. The molecule has 20 heavy (non-hydrogen) atoms. The molecule has 2 rings (SSSR count). The standard InChI is InChI=1S/C15H19NO4/c1-10-5-6-12(17)11(9-10)13(18)16-8-4-3-7-15(16,2)14(19)20/h5-6,9,17H,3-4,7-8H2,1-2H3,(H,19,20). The van der Waals surface area contributed by atoms with Crippen LogP contribution in [0.5, 0.6) is 5.75 Å². The highest BCUT2D eigenvalue weighted by Crippen LogP contribution is 2.31. The van der Waals surface area contributed by atoms with Gasteiger partial charge in [0.1, 0.15) is 11.3 Å². The lowest BCUT2D eigenvalue weighted by atomic mass is 9.87. The lowest BCUT2D eigenvalue weighted by Gasteiger charge is -2.41. The fourth-order valence-corrected chi connectivity index (χ4v) is 2.64. The van der Waals surface area contributed by atoms with Gasteiger partial charge in [-0.3, -0.25) is 4.79 Å². The second-order valence-electron chi connectivity index (χ2n) is 5.51. The quantitative estimate of drug-likeness (QED) is 0.868. The summed E-state index contributed by atoms with van der Waals surface area (Å²) in [7, 11) is 0.